The van der Waals surface area contributed by atoms with Crippen LogP contribution in [0.3, 0.4) is 0 Å². The largest absolute Gasteiger partial charge is 0.311 e. The highest BCUT2D eigenvalue weighted by Crippen LogP contribution is 2.38. The van der Waals surface area contributed by atoms with Crippen molar-refractivity contribution in [3.05, 3.63) is 0 Å². The summed E-state index contributed by atoms with van der Waals surface area (Å²) >= 11 is 0. The van der Waals surface area contributed by atoms with Crippen LogP contribution in [0, 0.1) is 0 Å². The molecule has 2 saturated carbocycles. The number of hydrogen-bond donors (Lipinski definition) is 1. The molecule has 0 aromatic carbocycles. The summed E-state index contributed by atoms with van der Waals surface area (Å²) in [7, 11) is 0. The van der Waals surface area contributed by atoms with E-state index < -0.39 is 5.92 Å². The van der Waals surface area contributed by atoms with E-state index in [2.05, 4.69) is 5.32 Å². The molecule has 0 radical (unpaired) electrons. The number of nitrogens with one attached hydrogen (secondary N) is 1. The molecule has 66 valence electrons. The Balaban J connectivity index is 0.000000605. The fourth-order valence-corrected chi connectivity index (χ4v) is 1.36. The molecule has 0 atom stereocenters. The minimum Gasteiger partial charge on any atom is -0.311 e. The van der Waals surface area contributed by atoms with Gasteiger partial charge >= 0.3 is 0 Å². The van der Waals surface area contributed by atoms with Gasteiger partial charge in [0.2, 0.25) is 0 Å². The molecule has 1 N–H and O–H groups in total. The van der Waals surface area contributed by atoms with E-state index in [9.17, 15) is 8.78 Å². The minimum absolute atomic E-state index is 0. The molecule has 0 aromatic rings. The van der Waals surface area contributed by atoms with E-state index in [0.717, 1.165) is 0 Å². The molecule has 0 amide bonds. The van der Waals surface area contributed by atoms with Crippen LogP contribution in [0.4, 0.5) is 8.78 Å². The second kappa shape index (κ2) is 2.87. The van der Waals surface area contributed by atoms with Crippen molar-refractivity contribution in [2.24, 2.45) is 0 Å². The Morgan fingerprint density at radius 1 is 1.09 bits per heavy atom. The number of alkyl halides is 2. The lowest BCUT2D eigenvalue weighted by Crippen LogP contribution is -2.49. The van der Waals surface area contributed by atoms with Crippen LogP contribution in [0.2, 0.25) is 0 Å². The lowest BCUT2D eigenvalue weighted by atomic mass is 9.88. The van der Waals surface area contributed by atoms with Gasteiger partial charge < -0.3 is 5.32 Å². The summed E-state index contributed by atoms with van der Waals surface area (Å²) in [5.41, 5.74) is 0. The summed E-state index contributed by atoms with van der Waals surface area (Å²) in [6, 6.07) is 0.684. The van der Waals surface area contributed by atoms with Crippen LogP contribution < -0.4 is 5.32 Å². The molecule has 11 heavy (non-hydrogen) atoms. The lowest BCUT2D eigenvalue weighted by molar-refractivity contribution is -0.0929. The molecule has 0 aliphatic heterocycles. The molecule has 0 spiro atoms. The number of rotatable bonds is 2. The Morgan fingerprint density at radius 3 is 2.00 bits per heavy atom. The van der Waals surface area contributed by atoms with Crippen molar-refractivity contribution in [1.82, 2.24) is 5.32 Å². The summed E-state index contributed by atoms with van der Waals surface area (Å²) in [6.45, 7) is 0. The Morgan fingerprint density at radius 2 is 1.64 bits per heavy atom. The predicted octanol–water partition coefficient (Wildman–Crippen LogP) is 1.96. The Bertz CT molecular complexity index is 137. The van der Waals surface area contributed by atoms with Crippen LogP contribution in [-0.2, 0) is 0 Å². The molecule has 0 heterocycles. The summed E-state index contributed by atoms with van der Waals surface area (Å²) < 4.78 is 24.4. The van der Waals surface area contributed by atoms with Crippen LogP contribution in [0.5, 0.6) is 0 Å². The maximum absolute atomic E-state index is 12.2. The first-order chi connectivity index (χ1) is 4.66. The summed E-state index contributed by atoms with van der Waals surface area (Å²) in [4.78, 5) is 0. The average molecular weight is 184 g/mol. The molecule has 2 fully saturated rings. The smallest absolute Gasteiger partial charge is 0.251 e. The fourth-order valence-electron chi connectivity index (χ4n) is 1.36. The second-order valence-electron chi connectivity index (χ2n) is 3.40. The quantitative estimate of drug-likeness (QED) is 0.690. The minimum atomic E-state index is -2.35. The van der Waals surface area contributed by atoms with E-state index in [-0.39, 0.29) is 31.3 Å². The topological polar surface area (TPSA) is 12.0 Å². The van der Waals surface area contributed by atoms with E-state index in [0.29, 0.717) is 6.04 Å². The normalized spacial score (nSPS) is 28.9. The van der Waals surface area contributed by atoms with Crippen LogP contribution in [-0.4, -0.2) is 18.0 Å². The molecular weight excluding hydrogens is 172 g/mol. The molecular formula is C7H12ClF2N. The molecule has 0 bridgehead atoms. The molecule has 2 aliphatic carbocycles. The number of hydrogen-bond acceptors (Lipinski definition) is 1. The van der Waals surface area contributed by atoms with Gasteiger partial charge in [0, 0.05) is 24.9 Å². The second-order valence-corrected chi connectivity index (χ2v) is 3.40. The Kier molecular flexibility index (Phi) is 2.40. The van der Waals surface area contributed by atoms with Crippen LogP contribution >= 0.6 is 12.4 Å². The van der Waals surface area contributed by atoms with Gasteiger partial charge in [-0.2, -0.15) is 0 Å². The molecule has 2 rings (SSSR count). The van der Waals surface area contributed by atoms with Gasteiger partial charge in [-0.1, -0.05) is 0 Å². The molecule has 1 nitrogen and oxygen atoms in total. The highest BCUT2D eigenvalue weighted by Gasteiger charge is 2.46. The van der Waals surface area contributed by atoms with Crippen LogP contribution in [0.15, 0.2) is 0 Å². The summed E-state index contributed by atoms with van der Waals surface area (Å²) in [5, 5.41) is 3.17. The van der Waals surface area contributed by atoms with Gasteiger partial charge in [-0.25, -0.2) is 8.78 Å². The van der Waals surface area contributed by atoms with Gasteiger partial charge in [0.15, 0.2) is 0 Å². The van der Waals surface area contributed by atoms with Gasteiger partial charge in [0.1, 0.15) is 0 Å². The lowest BCUT2D eigenvalue weighted by Gasteiger charge is -2.35. The van der Waals surface area contributed by atoms with Crippen LogP contribution in [0.1, 0.15) is 25.7 Å². The molecule has 0 unspecified atom stereocenters. The maximum atomic E-state index is 12.2. The summed E-state index contributed by atoms with van der Waals surface area (Å²) in [6.07, 6.45) is 2.48. The van der Waals surface area contributed by atoms with Crippen molar-refractivity contribution in [2.45, 2.75) is 43.7 Å². The van der Waals surface area contributed by atoms with Crippen molar-refractivity contribution in [1.29, 1.82) is 0 Å². The highest BCUT2D eigenvalue weighted by atomic mass is 35.5. The van der Waals surface area contributed by atoms with Gasteiger partial charge in [0.25, 0.3) is 5.92 Å². The zero-order chi connectivity index (χ0) is 7.19. The fraction of sp³-hybridized carbons (Fsp3) is 1.00. The van der Waals surface area contributed by atoms with Gasteiger partial charge in [-0.3, -0.25) is 0 Å². The Labute approximate surface area is 71.0 Å². The van der Waals surface area contributed by atoms with Gasteiger partial charge in [-0.05, 0) is 12.8 Å². The monoisotopic (exact) mass is 183 g/mol. The van der Waals surface area contributed by atoms with E-state index >= 15 is 0 Å². The van der Waals surface area contributed by atoms with E-state index in [1.807, 2.05) is 0 Å². The van der Waals surface area contributed by atoms with Crippen molar-refractivity contribution < 1.29 is 8.78 Å². The highest BCUT2D eigenvalue weighted by molar-refractivity contribution is 5.85. The van der Waals surface area contributed by atoms with Crippen molar-refractivity contribution in [3.63, 3.8) is 0 Å². The van der Waals surface area contributed by atoms with E-state index in [1.54, 1.807) is 0 Å². The van der Waals surface area contributed by atoms with E-state index in [4.69, 9.17) is 0 Å². The standard InChI is InChI=1S/C7H11F2N.ClH/c8-7(9)3-6(4-7)10-5-1-2-5;/h5-6,10H,1-4H2;1H. The zero-order valence-electron chi connectivity index (χ0n) is 6.15. The van der Waals surface area contributed by atoms with Crippen LogP contribution in [0.25, 0.3) is 0 Å². The predicted molar refractivity (Wildman–Crippen MR) is 41.4 cm³/mol. The average Bonchev–Trinajstić information content (AvgIpc) is 2.44. The third-order valence-corrected chi connectivity index (χ3v) is 2.14. The van der Waals surface area contributed by atoms with Gasteiger partial charge in [0.05, 0.1) is 0 Å². The number of halogens is 3. The molecule has 0 aromatic heterocycles. The van der Waals surface area contributed by atoms with E-state index in [1.165, 1.54) is 12.8 Å². The summed E-state index contributed by atoms with van der Waals surface area (Å²) in [5.74, 6) is -2.35. The third kappa shape index (κ3) is 2.27. The zero-order valence-corrected chi connectivity index (χ0v) is 6.96. The SMILES string of the molecule is Cl.FC1(F)CC(NC2CC2)C1. The Hall–Kier alpha value is 0.110. The molecule has 2 aliphatic rings. The molecule has 4 heteroatoms. The third-order valence-electron chi connectivity index (χ3n) is 2.14. The maximum Gasteiger partial charge on any atom is 0.251 e. The first kappa shape index (κ1) is 9.20. The van der Waals surface area contributed by atoms with Crippen molar-refractivity contribution in [2.75, 3.05) is 0 Å². The molecule has 0 saturated heterocycles. The first-order valence-corrected chi connectivity index (χ1v) is 3.80. The van der Waals surface area contributed by atoms with Gasteiger partial charge in [-0.15, -0.1) is 12.4 Å². The first-order valence-electron chi connectivity index (χ1n) is 3.80. The van der Waals surface area contributed by atoms with Crippen molar-refractivity contribution in [3.8, 4) is 0 Å². The van der Waals surface area contributed by atoms with Crippen molar-refractivity contribution >= 4 is 12.4 Å².